The molecule has 8 heteroatoms. The van der Waals surface area contributed by atoms with Crippen molar-refractivity contribution in [3.63, 3.8) is 0 Å². The van der Waals surface area contributed by atoms with E-state index in [2.05, 4.69) is 19.8 Å². The van der Waals surface area contributed by atoms with E-state index in [1.54, 1.807) is 35.4 Å². The van der Waals surface area contributed by atoms with E-state index >= 15 is 0 Å². The number of hydrogen-bond donors (Lipinski definition) is 1. The molecule has 0 aromatic carbocycles. The fraction of sp³-hybridized carbons (Fsp3) is 0.312. The highest BCUT2D eigenvalue weighted by atomic mass is 32.2. The largest absolute Gasteiger partial charge is 0.279 e. The minimum absolute atomic E-state index is 0.184. The third-order valence-electron chi connectivity index (χ3n) is 4.40. The summed E-state index contributed by atoms with van der Waals surface area (Å²) in [4.78, 5) is 8.27. The highest BCUT2D eigenvalue weighted by molar-refractivity contribution is 7.92. The summed E-state index contributed by atoms with van der Waals surface area (Å²) in [5, 5.41) is 5.03. The first-order valence-electron chi connectivity index (χ1n) is 7.87. The molecule has 3 aromatic heterocycles. The molecule has 0 atom stereocenters. The molecule has 124 valence electrons. The van der Waals surface area contributed by atoms with Crippen molar-refractivity contribution in [3.05, 3.63) is 43.0 Å². The third-order valence-corrected chi connectivity index (χ3v) is 5.78. The number of nitrogens with zero attached hydrogens (tertiary/aromatic N) is 4. The molecule has 0 aliphatic heterocycles. The molecular weight excluding hydrogens is 326 g/mol. The Bertz CT molecular complexity index is 974. The monoisotopic (exact) mass is 343 g/mol. The van der Waals surface area contributed by atoms with Crippen LogP contribution in [0.1, 0.15) is 19.3 Å². The Morgan fingerprint density at radius 1 is 1.17 bits per heavy atom. The van der Waals surface area contributed by atoms with E-state index in [1.807, 2.05) is 0 Å². The van der Waals surface area contributed by atoms with Crippen molar-refractivity contribution in [2.24, 2.45) is 5.92 Å². The maximum atomic E-state index is 12.8. The SMILES string of the molecule is O=S(=O)(Nc1ccnc2ccncc12)c1ccnn1CC1CCC1. The highest BCUT2D eigenvalue weighted by Crippen LogP contribution is 2.29. The zero-order chi connectivity index (χ0) is 16.6. The van der Waals surface area contributed by atoms with Gasteiger partial charge in [-0.25, -0.2) is 0 Å². The quantitative estimate of drug-likeness (QED) is 0.768. The summed E-state index contributed by atoms with van der Waals surface area (Å²) < 4.78 is 29.8. The van der Waals surface area contributed by atoms with Gasteiger partial charge in [0.05, 0.1) is 17.4 Å². The summed E-state index contributed by atoms with van der Waals surface area (Å²) in [6, 6.07) is 4.91. The summed E-state index contributed by atoms with van der Waals surface area (Å²) in [5.41, 5.74) is 1.15. The predicted molar refractivity (Wildman–Crippen MR) is 89.9 cm³/mol. The molecule has 1 aliphatic carbocycles. The van der Waals surface area contributed by atoms with Crippen LogP contribution in [-0.2, 0) is 16.6 Å². The molecule has 3 heterocycles. The lowest BCUT2D eigenvalue weighted by molar-refractivity contribution is 0.258. The van der Waals surface area contributed by atoms with Crippen LogP contribution in [0, 0.1) is 5.92 Å². The van der Waals surface area contributed by atoms with Crippen molar-refractivity contribution in [1.29, 1.82) is 0 Å². The van der Waals surface area contributed by atoms with Crippen molar-refractivity contribution >= 4 is 26.6 Å². The summed E-state index contributed by atoms with van der Waals surface area (Å²) in [6.45, 7) is 0.641. The molecule has 1 saturated carbocycles. The zero-order valence-corrected chi connectivity index (χ0v) is 13.8. The van der Waals surface area contributed by atoms with Crippen LogP contribution >= 0.6 is 0 Å². The first-order chi connectivity index (χ1) is 11.6. The maximum Gasteiger partial charge on any atom is 0.279 e. The van der Waals surface area contributed by atoms with E-state index < -0.39 is 10.0 Å². The van der Waals surface area contributed by atoms with Crippen LogP contribution in [0.5, 0.6) is 0 Å². The number of anilines is 1. The molecule has 0 saturated heterocycles. The van der Waals surface area contributed by atoms with Crippen molar-refractivity contribution in [3.8, 4) is 0 Å². The molecule has 0 spiro atoms. The maximum absolute atomic E-state index is 12.8. The number of rotatable bonds is 5. The number of aromatic nitrogens is 4. The van der Waals surface area contributed by atoms with E-state index in [0.717, 1.165) is 12.8 Å². The molecule has 0 amide bonds. The van der Waals surface area contributed by atoms with E-state index in [0.29, 0.717) is 29.1 Å². The standard InChI is InChI=1S/C16H17N5O2S/c22-24(23,16-6-9-19-21(16)11-12-2-1-3-12)20-15-5-8-18-14-4-7-17-10-13(14)15/h4-10,12H,1-3,11H2,(H,18,20). The summed E-state index contributed by atoms with van der Waals surface area (Å²) in [7, 11) is -3.73. The van der Waals surface area contributed by atoms with Crippen LogP contribution in [0.3, 0.4) is 0 Å². The molecule has 24 heavy (non-hydrogen) atoms. The number of nitrogens with one attached hydrogen (secondary N) is 1. The average Bonchev–Trinajstić information content (AvgIpc) is 3.00. The van der Waals surface area contributed by atoms with Gasteiger partial charge in [-0.3, -0.25) is 19.4 Å². The molecule has 0 unspecified atom stereocenters. The van der Waals surface area contributed by atoms with E-state index in [4.69, 9.17) is 0 Å². The van der Waals surface area contributed by atoms with Gasteiger partial charge in [0.1, 0.15) is 0 Å². The van der Waals surface area contributed by atoms with Gasteiger partial charge in [0.25, 0.3) is 10.0 Å². The lowest BCUT2D eigenvalue weighted by atomic mass is 9.85. The normalized spacial score (nSPS) is 15.3. The molecule has 7 nitrogen and oxygen atoms in total. The van der Waals surface area contributed by atoms with Crippen LogP contribution in [0.4, 0.5) is 5.69 Å². The molecule has 1 N–H and O–H groups in total. The van der Waals surface area contributed by atoms with Gasteiger partial charge in [0.15, 0.2) is 5.03 Å². The second-order valence-electron chi connectivity index (χ2n) is 6.01. The molecule has 3 aromatic rings. The second-order valence-corrected chi connectivity index (χ2v) is 7.63. The van der Waals surface area contributed by atoms with Crippen LogP contribution in [0.15, 0.2) is 48.0 Å². The van der Waals surface area contributed by atoms with E-state index in [1.165, 1.54) is 18.7 Å². The Morgan fingerprint density at radius 2 is 2.04 bits per heavy atom. The fourth-order valence-corrected chi connectivity index (χ4v) is 4.09. The Labute approximate surface area is 139 Å². The summed E-state index contributed by atoms with van der Waals surface area (Å²) in [6.07, 6.45) is 9.81. The van der Waals surface area contributed by atoms with Crippen LogP contribution in [0.25, 0.3) is 10.9 Å². The Kier molecular flexibility index (Phi) is 3.68. The van der Waals surface area contributed by atoms with E-state index in [9.17, 15) is 8.42 Å². The van der Waals surface area contributed by atoms with Gasteiger partial charge >= 0.3 is 0 Å². The molecule has 1 fully saturated rings. The molecule has 0 radical (unpaired) electrons. The van der Waals surface area contributed by atoms with Gasteiger partial charge in [-0.15, -0.1) is 0 Å². The first kappa shape index (κ1) is 15.1. The van der Waals surface area contributed by atoms with Gasteiger partial charge in [-0.2, -0.15) is 13.5 Å². The third kappa shape index (κ3) is 2.73. The lowest BCUT2D eigenvalue weighted by Crippen LogP contribution is -2.23. The fourth-order valence-electron chi connectivity index (χ4n) is 2.88. The first-order valence-corrected chi connectivity index (χ1v) is 9.35. The Morgan fingerprint density at radius 3 is 2.83 bits per heavy atom. The highest BCUT2D eigenvalue weighted by Gasteiger charge is 2.24. The molecular formula is C16H17N5O2S. The number of sulfonamides is 1. The summed E-state index contributed by atoms with van der Waals surface area (Å²) in [5.74, 6) is 0.518. The lowest BCUT2D eigenvalue weighted by Gasteiger charge is -2.25. The van der Waals surface area contributed by atoms with Crippen molar-refractivity contribution < 1.29 is 8.42 Å². The smallest absolute Gasteiger partial charge is 0.278 e. The molecule has 0 bridgehead atoms. The minimum Gasteiger partial charge on any atom is -0.278 e. The number of hydrogen-bond acceptors (Lipinski definition) is 5. The minimum atomic E-state index is -3.73. The predicted octanol–water partition coefficient (Wildman–Crippen LogP) is 2.43. The van der Waals surface area contributed by atoms with Gasteiger partial charge in [-0.1, -0.05) is 6.42 Å². The number of pyridine rings is 2. The van der Waals surface area contributed by atoms with Crippen LogP contribution in [0.2, 0.25) is 0 Å². The zero-order valence-electron chi connectivity index (χ0n) is 13.0. The van der Waals surface area contributed by atoms with Gasteiger partial charge in [0.2, 0.25) is 0 Å². The average molecular weight is 343 g/mol. The second kappa shape index (κ2) is 5.86. The Hall–Kier alpha value is -2.48. The van der Waals surface area contributed by atoms with Crippen LogP contribution in [-0.4, -0.2) is 28.2 Å². The Balaban J connectivity index is 1.67. The van der Waals surface area contributed by atoms with Gasteiger partial charge < -0.3 is 0 Å². The van der Waals surface area contributed by atoms with Crippen LogP contribution < -0.4 is 4.72 Å². The number of fused-ring (bicyclic) bond motifs is 1. The van der Waals surface area contributed by atoms with Gasteiger partial charge in [-0.05, 0) is 37.0 Å². The van der Waals surface area contributed by atoms with Gasteiger partial charge in [0, 0.05) is 30.5 Å². The topological polar surface area (TPSA) is 89.8 Å². The van der Waals surface area contributed by atoms with E-state index in [-0.39, 0.29) is 5.03 Å². The van der Waals surface area contributed by atoms with Crippen molar-refractivity contribution in [1.82, 2.24) is 19.7 Å². The summed E-state index contributed by atoms with van der Waals surface area (Å²) >= 11 is 0. The molecule has 4 rings (SSSR count). The van der Waals surface area contributed by atoms with Crippen molar-refractivity contribution in [2.75, 3.05) is 4.72 Å². The molecule has 1 aliphatic rings. The van der Waals surface area contributed by atoms with Crippen molar-refractivity contribution in [2.45, 2.75) is 30.8 Å².